The van der Waals surface area contributed by atoms with E-state index in [0.29, 0.717) is 31.8 Å². The molecule has 2 N–H and O–H groups in total. The first-order valence-electron chi connectivity index (χ1n) is 6.76. The molecule has 1 saturated heterocycles. The molecule has 2 atom stereocenters. The molecular formula is C13H24N2O3. The number of hydrogen-bond acceptors (Lipinski definition) is 2. The lowest BCUT2D eigenvalue weighted by Gasteiger charge is -2.34. The van der Waals surface area contributed by atoms with Crippen molar-refractivity contribution >= 4 is 12.0 Å². The lowest BCUT2D eigenvalue weighted by atomic mass is 9.93. The summed E-state index contributed by atoms with van der Waals surface area (Å²) in [6, 6.07) is -0.239. The zero-order valence-corrected chi connectivity index (χ0v) is 11.5. The van der Waals surface area contributed by atoms with E-state index in [0.717, 1.165) is 12.8 Å². The zero-order chi connectivity index (χ0) is 13.8. The third kappa shape index (κ3) is 2.76. The van der Waals surface area contributed by atoms with Crippen LogP contribution >= 0.6 is 0 Å². The quantitative estimate of drug-likeness (QED) is 0.791. The minimum Gasteiger partial charge on any atom is -0.479 e. The number of amides is 2. The van der Waals surface area contributed by atoms with E-state index in [2.05, 4.69) is 19.2 Å². The van der Waals surface area contributed by atoms with Crippen LogP contribution in [0.5, 0.6) is 0 Å². The molecule has 104 valence electrons. The highest BCUT2D eigenvalue weighted by Gasteiger charge is 2.48. The van der Waals surface area contributed by atoms with Gasteiger partial charge >= 0.3 is 12.0 Å². The minimum atomic E-state index is -1.00. The molecule has 0 bridgehead atoms. The van der Waals surface area contributed by atoms with Gasteiger partial charge in [-0.1, -0.05) is 27.2 Å². The topological polar surface area (TPSA) is 69.6 Å². The Balaban J connectivity index is 2.69. The Morgan fingerprint density at radius 2 is 2.11 bits per heavy atom. The molecule has 5 nitrogen and oxygen atoms in total. The second kappa shape index (κ2) is 6.07. The molecule has 0 aromatic rings. The van der Waals surface area contributed by atoms with Crippen molar-refractivity contribution in [3.8, 4) is 0 Å². The second-order valence-electron chi connectivity index (χ2n) is 5.14. The van der Waals surface area contributed by atoms with E-state index in [-0.39, 0.29) is 6.03 Å². The SMILES string of the molecule is CCC(C)CNC(=O)N1CCCC1(CC)C(=O)O. The molecule has 1 aliphatic heterocycles. The van der Waals surface area contributed by atoms with Crippen molar-refractivity contribution in [1.82, 2.24) is 10.2 Å². The number of rotatable bonds is 5. The number of nitrogens with zero attached hydrogens (tertiary/aromatic N) is 1. The van der Waals surface area contributed by atoms with Crippen molar-refractivity contribution < 1.29 is 14.7 Å². The molecule has 1 aliphatic rings. The van der Waals surface area contributed by atoms with E-state index in [1.807, 2.05) is 6.92 Å². The summed E-state index contributed by atoms with van der Waals surface area (Å²) in [5.74, 6) is -0.474. The van der Waals surface area contributed by atoms with Gasteiger partial charge in [-0.15, -0.1) is 0 Å². The molecule has 0 aromatic heterocycles. The molecule has 2 unspecified atom stereocenters. The predicted octanol–water partition coefficient (Wildman–Crippen LogP) is 2.07. The van der Waals surface area contributed by atoms with Crippen LogP contribution in [0.2, 0.25) is 0 Å². The molecule has 0 saturated carbocycles. The van der Waals surface area contributed by atoms with E-state index >= 15 is 0 Å². The number of carbonyl (C=O) groups excluding carboxylic acids is 1. The van der Waals surface area contributed by atoms with Gasteiger partial charge in [0.1, 0.15) is 5.54 Å². The van der Waals surface area contributed by atoms with Crippen molar-refractivity contribution in [1.29, 1.82) is 0 Å². The highest BCUT2D eigenvalue weighted by Crippen LogP contribution is 2.32. The summed E-state index contributed by atoms with van der Waals surface area (Å²) < 4.78 is 0. The smallest absolute Gasteiger partial charge is 0.329 e. The molecule has 1 heterocycles. The molecule has 0 aromatic carbocycles. The Bertz CT molecular complexity index is 319. The van der Waals surface area contributed by atoms with Gasteiger partial charge in [-0.2, -0.15) is 0 Å². The number of urea groups is 1. The summed E-state index contributed by atoms with van der Waals surface area (Å²) in [4.78, 5) is 25.0. The van der Waals surface area contributed by atoms with Gasteiger partial charge in [-0.25, -0.2) is 9.59 Å². The van der Waals surface area contributed by atoms with E-state index < -0.39 is 11.5 Å². The first-order chi connectivity index (χ1) is 8.47. The summed E-state index contributed by atoms with van der Waals surface area (Å²) in [7, 11) is 0. The minimum absolute atomic E-state index is 0.239. The Morgan fingerprint density at radius 3 is 2.61 bits per heavy atom. The summed E-state index contributed by atoms with van der Waals surface area (Å²) >= 11 is 0. The van der Waals surface area contributed by atoms with Gasteiger partial charge in [0, 0.05) is 13.1 Å². The van der Waals surface area contributed by atoms with Crippen LogP contribution in [0, 0.1) is 5.92 Å². The number of carbonyl (C=O) groups is 2. The van der Waals surface area contributed by atoms with Crippen LogP contribution in [-0.4, -0.2) is 40.6 Å². The summed E-state index contributed by atoms with van der Waals surface area (Å²) in [5, 5.41) is 12.2. The van der Waals surface area contributed by atoms with E-state index in [9.17, 15) is 14.7 Å². The third-order valence-electron chi connectivity index (χ3n) is 4.02. The predicted molar refractivity (Wildman–Crippen MR) is 69.5 cm³/mol. The molecule has 0 radical (unpaired) electrons. The summed E-state index contributed by atoms with van der Waals surface area (Å²) in [6.07, 6.45) is 2.77. The fraction of sp³-hybridized carbons (Fsp3) is 0.846. The summed E-state index contributed by atoms with van der Waals surface area (Å²) in [5.41, 5.74) is -1.00. The normalized spacial score (nSPS) is 24.9. The van der Waals surface area contributed by atoms with Crippen LogP contribution in [0.3, 0.4) is 0 Å². The van der Waals surface area contributed by atoms with E-state index in [4.69, 9.17) is 0 Å². The van der Waals surface area contributed by atoms with Gasteiger partial charge in [-0.05, 0) is 25.2 Å². The number of carboxylic acids is 1. The molecule has 1 fully saturated rings. The first-order valence-corrected chi connectivity index (χ1v) is 6.76. The first kappa shape index (κ1) is 14.8. The maximum atomic E-state index is 12.1. The standard InChI is InChI=1S/C13H24N2O3/c1-4-10(3)9-14-12(18)15-8-6-7-13(15,5-2)11(16)17/h10H,4-9H2,1-3H3,(H,14,18)(H,16,17). The summed E-state index contributed by atoms with van der Waals surface area (Å²) in [6.45, 7) is 7.10. The van der Waals surface area contributed by atoms with Crippen LogP contribution in [0.1, 0.15) is 46.5 Å². The van der Waals surface area contributed by atoms with Gasteiger partial charge in [-0.3, -0.25) is 0 Å². The number of hydrogen-bond donors (Lipinski definition) is 2. The fourth-order valence-corrected chi connectivity index (χ4v) is 2.42. The number of aliphatic carboxylic acids is 1. The zero-order valence-electron chi connectivity index (χ0n) is 11.5. The number of likely N-dealkylation sites (tertiary alicyclic amines) is 1. The molecule has 0 spiro atoms. The number of carboxylic acid groups (broad SMARTS) is 1. The Morgan fingerprint density at radius 1 is 1.44 bits per heavy atom. The largest absolute Gasteiger partial charge is 0.479 e. The molecule has 0 aliphatic carbocycles. The van der Waals surface area contributed by atoms with Gasteiger partial charge in [0.2, 0.25) is 0 Å². The van der Waals surface area contributed by atoms with E-state index in [1.165, 1.54) is 4.90 Å². The Kier molecular flexibility index (Phi) is 4.99. The van der Waals surface area contributed by atoms with Gasteiger partial charge in [0.15, 0.2) is 0 Å². The molecule has 2 amide bonds. The fourth-order valence-electron chi connectivity index (χ4n) is 2.42. The van der Waals surface area contributed by atoms with E-state index in [1.54, 1.807) is 0 Å². The molecular weight excluding hydrogens is 232 g/mol. The van der Waals surface area contributed by atoms with Crippen LogP contribution in [0.4, 0.5) is 4.79 Å². The van der Waals surface area contributed by atoms with Gasteiger partial charge < -0.3 is 15.3 Å². The Hall–Kier alpha value is -1.26. The maximum Gasteiger partial charge on any atom is 0.329 e. The Labute approximate surface area is 109 Å². The van der Waals surface area contributed by atoms with Crippen molar-refractivity contribution in [3.63, 3.8) is 0 Å². The van der Waals surface area contributed by atoms with Gasteiger partial charge in [0.25, 0.3) is 0 Å². The van der Waals surface area contributed by atoms with Crippen LogP contribution in [0.15, 0.2) is 0 Å². The highest BCUT2D eigenvalue weighted by atomic mass is 16.4. The maximum absolute atomic E-state index is 12.1. The molecule has 18 heavy (non-hydrogen) atoms. The lowest BCUT2D eigenvalue weighted by molar-refractivity contribution is -0.148. The monoisotopic (exact) mass is 256 g/mol. The van der Waals surface area contributed by atoms with Crippen LogP contribution in [0.25, 0.3) is 0 Å². The van der Waals surface area contributed by atoms with Crippen LogP contribution in [-0.2, 0) is 4.79 Å². The van der Waals surface area contributed by atoms with Crippen molar-refractivity contribution in [3.05, 3.63) is 0 Å². The molecule has 5 heteroatoms. The third-order valence-corrected chi connectivity index (χ3v) is 4.02. The van der Waals surface area contributed by atoms with Crippen molar-refractivity contribution in [2.75, 3.05) is 13.1 Å². The second-order valence-corrected chi connectivity index (χ2v) is 5.14. The van der Waals surface area contributed by atoms with Crippen LogP contribution < -0.4 is 5.32 Å². The van der Waals surface area contributed by atoms with Crippen molar-refractivity contribution in [2.24, 2.45) is 5.92 Å². The highest BCUT2D eigenvalue weighted by molar-refractivity contribution is 5.87. The number of nitrogens with one attached hydrogen (secondary N) is 1. The average Bonchev–Trinajstić information content (AvgIpc) is 2.80. The van der Waals surface area contributed by atoms with Crippen molar-refractivity contribution in [2.45, 2.75) is 52.0 Å². The van der Waals surface area contributed by atoms with Gasteiger partial charge in [0.05, 0.1) is 0 Å². The lowest BCUT2D eigenvalue weighted by Crippen LogP contribution is -2.56. The average molecular weight is 256 g/mol. The molecule has 1 rings (SSSR count).